The zero-order valence-corrected chi connectivity index (χ0v) is 12.7. The first-order chi connectivity index (χ1) is 9.29. The molecule has 0 saturated carbocycles. The fourth-order valence-electron chi connectivity index (χ4n) is 2.01. The van der Waals surface area contributed by atoms with E-state index in [0.717, 1.165) is 25.5 Å². The first-order valence-corrected chi connectivity index (χ1v) is 8.43. The van der Waals surface area contributed by atoms with Crippen molar-refractivity contribution in [2.24, 2.45) is 0 Å². The summed E-state index contributed by atoms with van der Waals surface area (Å²) in [7, 11) is -3.64. The van der Waals surface area contributed by atoms with Crippen LogP contribution in [0, 0.1) is 10.1 Å². The van der Waals surface area contributed by atoms with Gasteiger partial charge in [0.1, 0.15) is 4.90 Å². The quantitative estimate of drug-likeness (QED) is 0.617. The van der Waals surface area contributed by atoms with Crippen LogP contribution in [0.5, 0.6) is 0 Å². The molecule has 0 bridgehead atoms. The van der Waals surface area contributed by atoms with Crippen LogP contribution < -0.4 is 5.32 Å². The molecule has 1 aromatic carbocycles. The topological polar surface area (TPSA) is 89.3 Å². The van der Waals surface area contributed by atoms with E-state index in [-0.39, 0.29) is 16.6 Å². The Labute approximate surface area is 119 Å². The number of sulfone groups is 1. The van der Waals surface area contributed by atoms with E-state index in [1.165, 1.54) is 12.1 Å². The summed E-state index contributed by atoms with van der Waals surface area (Å²) in [6.07, 6.45) is 3.85. The highest BCUT2D eigenvalue weighted by atomic mass is 32.2. The van der Waals surface area contributed by atoms with E-state index in [1.807, 2.05) is 6.92 Å². The predicted molar refractivity (Wildman–Crippen MR) is 78.8 cm³/mol. The van der Waals surface area contributed by atoms with E-state index in [0.29, 0.717) is 5.69 Å². The number of anilines is 1. The standard InChI is InChI=1S/C13H20N2O4S/c1-4-6-10(5-2)14-11-7-8-12(15(16)17)13(9-11)20(3,18)19/h7-10,14H,4-6H2,1-3H3. The van der Waals surface area contributed by atoms with Gasteiger partial charge in [-0.3, -0.25) is 10.1 Å². The lowest BCUT2D eigenvalue weighted by Gasteiger charge is -2.17. The number of benzene rings is 1. The lowest BCUT2D eigenvalue weighted by Crippen LogP contribution is -2.18. The minimum absolute atomic E-state index is 0.230. The molecule has 0 fully saturated rings. The number of nitro benzene ring substituents is 1. The molecule has 112 valence electrons. The maximum atomic E-state index is 11.7. The predicted octanol–water partition coefficient (Wildman–Crippen LogP) is 2.99. The van der Waals surface area contributed by atoms with Crippen LogP contribution in [-0.2, 0) is 9.84 Å². The van der Waals surface area contributed by atoms with Crippen molar-refractivity contribution in [3.8, 4) is 0 Å². The molecule has 7 heteroatoms. The van der Waals surface area contributed by atoms with E-state index in [2.05, 4.69) is 12.2 Å². The molecule has 1 N–H and O–H groups in total. The van der Waals surface area contributed by atoms with Gasteiger partial charge in [0.05, 0.1) is 4.92 Å². The lowest BCUT2D eigenvalue weighted by atomic mass is 10.1. The minimum atomic E-state index is -3.64. The Morgan fingerprint density at radius 2 is 2.00 bits per heavy atom. The van der Waals surface area contributed by atoms with Crippen LogP contribution in [0.4, 0.5) is 11.4 Å². The van der Waals surface area contributed by atoms with Crippen molar-refractivity contribution in [3.05, 3.63) is 28.3 Å². The summed E-state index contributed by atoms with van der Waals surface area (Å²) >= 11 is 0. The molecule has 0 radical (unpaired) electrons. The van der Waals surface area contributed by atoms with Gasteiger partial charge in [0.25, 0.3) is 5.69 Å². The fraction of sp³-hybridized carbons (Fsp3) is 0.538. The molecule has 0 amide bonds. The highest BCUT2D eigenvalue weighted by molar-refractivity contribution is 7.90. The Balaban J connectivity index is 3.16. The maximum Gasteiger partial charge on any atom is 0.288 e. The summed E-state index contributed by atoms with van der Waals surface area (Å²) in [5.74, 6) is 0. The van der Waals surface area contributed by atoms with E-state index >= 15 is 0 Å². The summed E-state index contributed by atoms with van der Waals surface area (Å²) in [5, 5.41) is 14.1. The van der Waals surface area contributed by atoms with Gasteiger partial charge in [0, 0.05) is 24.1 Å². The molecule has 1 rings (SSSR count). The second-order valence-corrected chi connectivity index (χ2v) is 6.73. The molecule has 0 saturated heterocycles. The van der Waals surface area contributed by atoms with Crippen LogP contribution in [0.3, 0.4) is 0 Å². The smallest absolute Gasteiger partial charge is 0.288 e. The van der Waals surface area contributed by atoms with Crippen LogP contribution in [0.15, 0.2) is 23.1 Å². The van der Waals surface area contributed by atoms with Crippen molar-refractivity contribution in [1.29, 1.82) is 0 Å². The van der Waals surface area contributed by atoms with E-state index < -0.39 is 14.8 Å². The van der Waals surface area contributed by atoms with E-state index in [1.54, 1.807) is 6.07 Å². The molecule has 0 spiro atoms. The average molecular weight is 300 g/mol. The van der Waals surface area contributed by atoms with Gasteiger partial charge in [-0.1, -0.05) is 20.3 Å². The van der Waals surface area contributed by atoms with Gasteiger partial charge in [0.2, 0.25) is 0 Å². The summed E-state index contributed by atoms with van der Waals surface area (Å²) in [6, 6.07) is 4.35. The van der Waals surface area contributed by atoms with Crippen molar-refractivity contribution < 1.29 is 13.3 Å². The molecular formula is C13H20N2O4S. The number of hydrogen-bond acceptors (Lipinski definition) is 5. The van der Waals surface area contributed by atoms with Gasteiger partial charge in [-0.15, -0.1) is 0 Å². The van der Waals surface area contributed by atoms with E-state index in [9.17, 15) is 18.5 Å². The largest absolute Gasteiger partial charge is 0.382 e. The van der Waals surface area contributed by atoms with Crippen LogP contribution in [-0.4, -0.2) is 25.6 Å². The average Bonchev–Trinajstić information content (AvgIpc) is 2.36. The molecule has 0 aliphatic heterocycles. The summed E-state index contributed by atoms with van der Waals surface area (Å²) in [5.41, 5.74) is 0.206. The summed E-state index contributed by atoms with van der Waals surface area (Å²) < 4.78 is 23.3. The van der Waals surface area contributed by atoms with Crippen molar-refractivity contribution in [3.63, 3.8) is 0 Å². The number of nitrogens with zero attached hydrogens (tertiary/aromatic N) is 1. The first kappa shape index (κ1) is 16.4. The minimum Gasteiger partial charge on any atom is -0.382 e. The zero-order chi connectivity index (χ0) is 15.3. The third-order valence-corrected chi connectivity index (χ3v) is 4.18. The maximum absolute atomic E-state index is 11.7. The van der Waals surface area contributed by atoms with Crippen molar-refractivity contribution >= 4 is 21.2 Å². The van der Waals surface area contributed by atoms with Gasteiger partial charge < -0.3 is 5.32 Å². The molecular weight excluding hydrogens is 280 g/mol. The molecule has 0 aromatic heterocycles. The van der Waals surface area contributed by atoms with E-state index in [4.69, 9.17) is 0 Å². The molecule has 1 aromatic rings. The highest BCUT2D eigenvalue weighted by Crippen LogP contribution is 2.27. The van der Waals surface area contributed by atoms with Gasteiger partial charge in [-0.25, -0.2) is 8.42 Å². The van der Waals surface area contributed by atoms with Gasteiger partial charge in [0.15, 0.2) is 9.84 Å². The number of nitrogens with one attached hydrogen (secondary N) is 1. The Bertz CT molecular complexity index is 584. The second kappa shape index (κ2) is 6.69. The fourth-order valence-corrected chi connectivity index (χ4v) is 2.88. The Morgan fingerprint density at radius 3 is 2.45 bits per heavy atom. The lowest BCUT2D eigenvalue weighted by molar-refractivity contribution is -0.387. The van der Waals surface area contributed by atoms with Crippen LogP contribution in [0.1, 0.15) is 33.1 Å². The summed E-state index contributed by atoms with van der Waals surface area (Å²) in [6.45, 7) is 4.11. The molecule has 0 aliphatic carbocycles. The molecule has 1 atom stereocenters. The Hall–Kier alpha value is -1.63. The van der Waals surface area contributed by atoms with Gasteiger partial charge >= 0.3 is 0 Å². The van der Waals surface area contributed by atoms with Crippen molar-refractivity contribution in [2.75, 3.05) is 11.6 Å². The van der Waals surface area contributed by atoms with Crippen LogP contribution >= 0.6 is 0 Å². The molecule has 0 aliphatic rings. The number of nitro groups is 1. The van der Waals surface area contributed by atoms with Crippen LogP contribution in [0.25, 0.3) is 0 Å². The van der Waals surface area contributed by atoms with Crippen molar-refractivity contribution in [1.82, 2.24) is 0 Å². The normalized spacial score (nSPS) is 12.9. The molecule has 0 heterocycles. The van der Waals surface area contributed by atoms with Gasteiger partial charge in [-0.2, -0.15) is 0 Å². The Kier molecular flexibility index (Phi) is 5.50. The zero-order valence-electron chi connectivity index (χ0n) is 11.9. The molecule has 6 nitrogen and oxygen atoms in total. The molecule has 20 heavy (non-hydrogen) atoms. The number of rotatable bonds is 7. The SMILES string of the molecule is CCCC(CC)Nc1ccc([N+](=O)[O-])c(S(C)(=O)=O)c1. The monoisotopic (exact) mass is 300 g/mol. The van der Waals surface area contributed by atoms with Crippen molar-refractivity contribution in [2.45, 2.75) is 44.0 Å². The molecule has 1 unspecified atom stereocenters. The highest BCUT2D eigenvalue weighted by Gasteiger charge is 2.22. The second-order valence-electron chi connectivity index (χ2n) is 4.75. The number of hydrogen-bond donors (Lipinski definition) is 1. The first-order valence-electron chi connectivity index (χ1n) is 6.54. The third-order valence-electron chi connectivity index (χ3n) is 3.06. The third kappa shape index (κ3) is 4.19. The van der Waals surface area contributed by atoms with Crippen LogP contribution in [0.2, 0.25) is 0 Å². The Morgan fingerprint density at radius 1 is 1.35 bits per heavy atom. The van der Waals surface area contributed by atoms with Gasteiger partial charge in [-0.05, 0) is 25.0 Å². The summed E-state index contributed by atoms with van der Waals surface area (Å²) in [4.78, 5) is 9.95.